The number of hydrogen-bond acceptors (Lipinski definition) is 5. The Morgan fingerprint density at radius 2 is 2.28 bits per heavy atom. The predicted molar refractivity (Wildman–Crippen MR) is 75.1 cm³/mol. The van der Waals surface area contributed by atoms with Crippen LogP contribution in [-0.2, 0) is 6.42 Å². The number of anilines is 1. The monoisotopic (exact) mass is 266 g/mol. The van der Waals surface area contributed by atoms with Crippen molar-refractivity contribution in [1.82, 2.24) is 14.3 Å². The van der Waals surface area contributed by atoms with Gasteiger partial charge in [-0.3, -0.25) is 4.90 Å². The summed E-state index contributed by atoms with van der Waals surface area (Å²) in [6, 6.07) is 1.32. The van der Waals surface area contributed by atoms with Crippen LogP contribution >= 0.6 is 11.5 Å². The first-order valence-corrected chi connectivity index (χ1v) is 7.97. The van der Waals surface area contributed by atoms with Gasteiger partial charge in [-0.25, -0.2) is 4.98 Å². The predicted octanol–water partition coefficient (Wildman–Crippen LogP) is 2.53. The van der Waals surface area contributed by atoms with Gasteiger partial charge in [-0.1, -0.05) is 13.3 Å². The zero-order chi connectivity index (χ0) is 12.4. The van der Waals surface area contributed by atoms with Gasteiger partial charge >= 0.3 is 0 Å². The van der Waals surface area contributed by atoms with E-state index in [0.717, 1.165) is 29.8 Å². The summed E-state index contributed by atoms with van der Waals surface area (Å²) >= 11 is 1.52. The van der Waals surface area contributed by atoms with Crippen LogP contribution in [0.3, 0.4) is 0 Å². The summed E-state index contributed by atoms with van der Waals surface area (Å²) in [4.78, 5) is 7.23. The second-order valence-electron chi connectivity index (χ2n) is 5.40. The van der Waals surface area contributed by atoms with Crippen LogP contribution in [0.1, 0.15) is 44.9 Å². The Morgan fingerprint density at radius 3 is 3.17 bits per heavy atom. The normalized spacial score (nSPS) is 28.3. The van der Waals surface area contributed by atoms with Gasteiger partial charge in [0.05, 0.1) is 0 Å². The molecule has 0 spiro atoms. The molecule has 0 aromatic carbocycles. The highest BCUT2D eigenvalue weighted by atomic mass is 32.1. The van der Waals surface area contributed by atoms with E-state index in [4.69, 9.17) is 0 Å². The first-order chi connectivity index (χ1) is 8.86. The number of aryl methyl sites for hydroxylation is 1. The van der Waals surface area contributed by atoms with E-state index in [-0.39, 0.29) is 0 Å². The molecule has 0 amide bonds. The van der Waals surface area contributed by atoms with Gasteiger partial charge in [0.2, 0.25) is 5.13 Å². The van der Waals surface area contributed by atoms with Crippen molar-refractivity contribution >= 4 is 16.7 Å². The van der Waals surface area contributed by atoms with Crippen molar-refractivity contribution in [1.29, 1.82) is 0 Å². The number of nitrogens with zero attached hydrogens (tertiary/aromatic N) is 3. The Labute approximate surface area is 113 Å². The molecule has 0 aliphatic carbocycles. The second kappa shape index (κ2) is 5.53. The lowest BCUT2D eigenvalue weighted by molar-refractivity contribution is 0.193. The highest BCUT2D eigenvalue weighted by Gasteiger charge is 2.35. The molecular formula is C13H22N4S. The van der Waals surface area contributed by atoms with Crippen molar-refractivity contribution in [3.63, 3.8) is 0 Å². The summed E-state index contributed by atoms with van der Waals surface area (Å²) in [7, 11) is 0. The summed E-state index contributed by atoms with van der Waals surface area (Å²) in [5.41, 5.74) is 0. The minimum atomic E-state index is 0.590. The van der Waals surface area contributed by atoms with Crippen LogP contribution in [0.4, 0.5) is 5.13 Å². The van der Waals surface area contributed by atoms with Gasteiger partial charge in [-0.15, -0.1) is 0 Å². The Bertz CT molecular complexity index is 392. The Hall–Kier alpha value is -0.680. The lowest BCUT2D eigenvalue weighted by Crippen LogP contribution is -2.41. The number of aromatic nitrogens is 2. The molecule has 0 bridgehead atoms. The maximum atomic E-state index is 4.58. The summed E-state index contributed by atoms with van der Waals surface area (Å²) in [5, 5.41) is 4.65. The first kappa shape index (κ1) is 12.4. The van der Waals surface area contributed by atoms with Gasteiger partial charge in [0.1, 0.15) is 5.82 Å². The minimum Gasteiger partial charge on any atom is -0.356 e. The lowest BCUT2D eigenvalue weighted by Gasteiger charge is -2.32. The van der Waals surface area contributed by atoms with Crippen molar-refractivity contribution in [3.8, 4) is 0 Å². The fraction of sp³-hybridized carbons (Fsp3) is 0.846. The minimum absolute atomic E-state index is 0.590. The van der Waals surface area contributed by atoms with Crippen LogP contribution in [0, 0.1) is 0 Å². The molecule has 2 saturated heterocycles. The molecule has 2 aliphatic heterocycles. The van der Waals surface area contributed by atoms with Gasteiger partial charge in [-0.2, -0.15) is 4.37 Å². The molecule has 1 aromatic heterocycles. The second-order valence-corrected chi connectivity index (χ2v) is 6.16. The van der Waals surface area contributed by atoms with Crippen molar-refractivity contribution in [3.05, 3.63) is 5.82 Å². The molecule has 2 aliphatic rings. The lowest BCUT2D eigenvalue weighted by atomic mass is 9.99. The van der Waals surface area contributed by atoms with E-state index in [2.05, 4.69) is 26.5 Å². The van der Waals surface area contributed by atoms with E-state index in [1.165, 1.54) is 50.3 Å². The topological polar surface area (TPSA) is 41.1 Å². The average Bonchev–Trinajstić information content (AvgIpc) is 2.99. The summed E-state index contributed by atoms with van der Waals surface area (Å²) in [6.45, 7) is 4.72. The van der Waals surface area contributed by atoms with Crippen LogP contribution in [0.15, 0.2) is 0 Å². The number of nitrogens with one attached hydrogen (secondary N) is 1. The summed E-state index contributed by atoms with van der Waals surface area (Å²) in [6.07, 6.45) is 7.49. The Morgan fingerprint density at radius 1 is 1.33 bits per heavy atom. The SMILES string of the molecule is CCCc1nsc(NC2CCN3CCCCC23)n1. The number of hydrogen-bond donors (Lipinski definition) is 1. The van der Waals surface area contributed by atoms with Gasteiger partial charge in [-0.05, 0) is 32.2 Å². The van der Waals surface area contributed by atoms with E-state index < -0.39 is 0 Å². The van der Waals surface area contributed by atoms with Crippen LogP contribution in [0.5, 0.6) is 0 Å². The molecule has 2 atom stereocenters. The molecule has 1 N–H and O–H groups in total. The van der Waals surface area contributed by atoms with E-state index >= 15 is 0 Å². The van der Waals surface area contributed by atoms with Crippen LogP contribution in [-0.4, -0.2) is 39.4 Å². The van der Waals surface area contributed by atoms with Crippen LogP contribution < -0.4 is 5.32 Å². The van der Waals surface area contributed by atoms with Gasteiger partial charge in [0.25, 0.3) is 0 Å². The molecule has 18 heavy (non-hydrogen) atoms. The third kappa shape index (κ3) is 2.52. The maximum absolute atomic E-state index is 4.58. The highest BCUT2D eigenvalue weighted by Crippen LogP contribution is 2.29. The molecule has 1 aromatic rings. The molecule has 0 radical (unpaired) electrons. The van der Waals surface area contributed by atoms with Gasteiger partial charge in [0.15, 0.2) is 0 Å². The molecule has 3 rings (SSSR count). The van der Waals surface area contributed by atoms with E-state index in [0.29, 0.717) is 6.04 Å². The quantitative estimate of drug-likeness (QED) is 0.909. The van der Waals surface area contributed by atoms with E-state index in [9.17, 15) is 0 Å². The van der Waals surface area contributed by atoms with Gasteiger partial charge < -0.3 is 5.32 Å². The Kier molecular flexibility index (Phi) is 3.80. The molecule has 0 saturated carbocycles. The van der Waals surface area contributed by atoms with Crippen LogP contribution in [0.2, 0.25) is 0 Å². The maximum Gasteiger partial charge on any atom is 0.202 e. The van der Waals surface area contributed by atoms with E-state index in [1.807, 2.05) is 0 Å². The fourth-order valence-corrected chi connectivity index (χ4v) is 3.89. The first-order valence-electron chi connectivity index (χ1n) is 7.20. The molecule has 5 heteroatoms. The third-order valence-corrected chi connectivity index (χ3v) is 4.79. The highest BCUT2D eigenvalue weighted by molar-refractivity contribution is 7.09. The van der Waals surface area contributed by atoms with Crippen LogP contribution in [0.25, 0.3) is 0 Å². The van der Waals surface area contributed by atoms with Gasteiger partial charge in [0, 0.05) is 36.6 Å². The average molecular weight is 266 g/mol. The standard InChI is InChI=1S/C13H22N4S/c1-2-5-12-15-13(18-16-12)14-10-7-9-17-8-4-3-6-11(10)17/h10-11H,2-9H2,1H3,(H,14,15,16). The van der Waals surface area contributed by atoms with E-state index in [1.54, 1.807) is 0 Å². The smallest absolute Gasteiger partial charge is 0.202 e. The van der Waals surface area contributed by atoms with Crippen molar-refractivity contribution < 1.29 is 0 Å². The largest absolute Gasteiger partial charge is 0.356 e. The third-order valence-electron chi connectivity index (χ3n) is 4.11. The fourth-order valence-electron chi connectivity index (χ4n) is 3.21. The molecule has 2 unspecified atom stereocenters. The molecule has 100 valence electrons. The van der Waals surface area contributed by atoms with Crippen molar-refractivity contribution in [2.24, 2.45) is 0 Å². The Balaban J connectivity index is 1.61. The summed E-state index contributed by atoms with van der Waals surface area (Å²) in [5.74, 6) is 1.00. The van der Waals surface area contributed by atoms with Crippen molar-refractivity contribution in [2.45, 2.75) is 57.5 Å². The molecule has 2 fully saturated rings. The molecule has 3 heterocycles. The van der Waals surface area contributed by atoms with Crippen molar-refractivity contribution in [2.75, 3.05) is 18.4 Å². The summed E-state index contributed by atoms with van der Waals surface area (Å²) < 4.78 is 4.41. The molecular weight excluding hydrogens is 244 g/mol. The number of fused-ring (bicyclic) bond motifs is 1. The number of rotatable bonds is 4. The zero-order valence-corrected chi connectivity index (χ0v) is 11.9. The zero-order valence-electron chi connectivity index (χ0n) is 11.1. The number of piperidine rings is 1. The molecule has 4 nitrogen and oxygen atoms in total.